The Balaban J connectivity index is 0.000000471. The zero-order valence-corrected chi connectivity index (χ0v) is 23.3. The number of benzene rings is 4. The van der Waals surface area contributed by atoms with Crippen molar-refractivity contribution in [1.82, 2.24) is 0 Å². The van der Waals surface area contributed by atoms with Crippen LogP contribution in [0.25, 0.3) is 16.5 Å². The van der Waals surface area contributed by atoms with Crippen LogP contribution in [0.1, 0.15) is 10.4 Å². The standard InChI is InChI=1S/C12H10Si.C9H7.C7H7NO.2ClH.Zr/c1-3-7-11(8-4-1)13-12-9-5-2-6-10-12;1-2-5-9-7-3-6-8(9)4-1;8-7(9)6-4-2-1-3-5-6;;;/h1-10H;1-7H;1-5H,(H2,8,9);2*1H;/q;-1;;;;+4/p-3. The molecule has 0 unspecified atom stereocenters. The van der Waals surface area contributed by atoms with Gasteiger partial charge in [-0.1, -0.05) is 107 Å². The van der Waals surface area contributed by atoms with Gasteiger partial charge in [-0.2, -0.15) is 17.5 Å². The van der Waals surface area contributed by atoms with E-state index in [1.165, 1.54) is 21.1 Å². The van der Waals surface area contributed by atoms with Gasteiger partial charge in [0, 0.05) is 0 Å². The van der Waals surface area contributed by atoms with Gasteiger partial charge in [-0.25, -0.2) is 0 Å². The van der Waals surface area contributed by atoms with E-state index < -0.39 is 5.91 Å². The first kappa shape index (κ1) is 31.6. The molecule has 1 amide bonds. The smallest absolute Gasteiger partial charge is 1.00 e. The summed E-state index contributed by atoms with van der Waals surface area (Å²) in [6.45, 7) is 0. The molecule has 0 saturated carbocycles. The molecule has 0 aliphatic carbocycles. The Morgan fingerprint density at radius 1 is 0.618 bits per heavy atom. The Morgan fingerprint density at radius 3 is 1.50 bits per heavy atom. The maximum atomic E-state index is 10.3. The molecule has 34 heavy (non-hydrogen) atoms. The Hall–Kier alpha value is -2.36. The van der Waals surface area contributed by atoms with Crippen LogP contribution in [0.3, 0.4) is 0 Å². The predicted octanol–water partition coefficient (Wildman–Crippen LogP) is -0.215. The number of halogens is 2. The van der Waals surface area contributed by atoms with Crippen molar-refractivity contribution in [3.63, 3.8) is 0 Å². The summed E-state index contributed by atoms with van der Waals surface area (Å²) in [5.41, 5.74) is 7.12. The van der Waals surface area contributed by atoms with Gasteiger partial charge in [0.1, 0.15) is 9.52 Å². The number of amides is 1. The zero-order valence-electron chi connectivity index (χ0n) is 18.4. The minimum Gasteiger partial charge on any atom is -1.00 e. The number of rotatable bonds is 3. The summed E-state index contributed by atoms with van der Waals surface area (Å²) in [4.78, 5) is 10.3. The number of hydrogen-bond acceptors (Lipinski definition) is 1. The van der Waals surface area contributed by atoms with Gasteiger partial charge in [0.25, 0.3) is 0 Å². The Morgan fingerprint density at radius 2 is 1.06 bits per heavy atom. The summed E-state index contributed by atoms with van der Waals surface area (Å²) in [5, 5.41) is 5.46. The third-order valence-corrected chi connectivity index (χ3v) is 5.66. The van der Waals surface area contributed by atoms with Crippen LogP contribution in [0.15, 0.2) is 133 Å². The van der Waals surface area contributed by atoms with Crippen molar-refractivity contribution in [2.45, 2.75) is 0 Å². The molecule has 0 bridgehead atoms. The van der Waals surface area contributed by atoms with E-state index in [0.717, 1.165) is 9.52 Å². The van der Waals surface area contributed by atoms with Crippen molar-refractivity contribution in [3.05, 3.63) is 145 Å². The Kier molecular flexibility index (Phi) is 16.8. The molecule has 0 aliphatic heterocycles. The number of fused-ring (bicyclic) bond motifs is 1. The second-order valence-electron chi connectivity index (χ2n) is 6.71. The van der Waals surface area contributed by atoms with E-state index in [-0.39, 0.29) is 51.0 Å². The molecule has 0 heterocycles. The topological polar surface area (TPSA) is 40.9 Å². The van der Waals surface area contributed by atoms with Crippen molar-refractivity contribution < 1.29 is 55.8 Å². The molecule has 0 saturated heterocycles. The van der Waals surface area contributed by atoms with Gasteiger partial charge in [0.15, 0.2) is 0 Å². The molecule has 0 atom stereocenters. The van der Waals surface area contributed by atoms with E-state index in [0.29, 0.717) is 5.56 Å². The fourth-order valence-corrected chi connectivity index (χ4v) is 3.92. The normalized spacial score (nSPS) is 8.82. The molecule has 5 aromatic carbocycles. The van der Waals surface area contributed by atoms with E-state index in [4.69, 9.17) is 5.73 Å². The van der Waals surface area contributed by atoms with Crippen molar-refractivity contribution in [3.8, 4) is 0 Å². The predicted molar refractivity (Wildman–Crippen MR) is 133 cm³/mol. The van der Waals surface area contributed by atoms with Gasteiger partial charge in [-0.05, 0) is 5.56 Å². The summed E-state index contributed by atoms with van der Waals surface area (Å²) >= 11 is 0. The average molecular weight is 580 g/mol. The zero-order chi connectivity index (χ0) is 21.7. The van der Waals surface area contributed by atoms with E-state index in [1.54, 1.807) is 24.3 Å². The maximum absolute atomic E-state index is 10.3. The monoisotopic (exact) mass is 577 g/mol. The van der Waals surface area contributed by atoms with Gasteiger partial charge >= 0.3 is 26.2 Å². The van der Waals surface area contributed by atoms with Crippen LogP contribution >= 0.6 is 0 Å². The van der Waals surface area contributed by atoms with Crippen LogP contribution in [-0.4, -0.2) is 15.4 Å². The largest absolute Gasteiger partial charge is 4.00 e. The fourth-order valence-electron chi connectivity index (χ4n) is 2.87. The van der Waals surface area contributed by atoms with Crippen LogP contribution in [0.2, 0.25) is 0 Å². The number of nitrogens with one attached hydrogen (secondary N) is 1. The molecule has 5 aromatic rings. The van der Waals surface area contributed by atoms with Crippen LogP contribution in [-0.2, 0) is 26.2 Å². The van der Waals surface area contributed by atoms with Crippen LogP contribution in [0, 0.1) is 0 Å². The molecule has 0 fully saturated rings. The van der Waals surface area contributed by atoms with E-state index in [9.17, 15) is 4.79 Å². The summed E-state index contributed by atoms with van der Waals surface area (Å²) in [7, 11) is 0.777. The third-order valence-electron chi connectivity index (χ3n) is 4.42. The van der Waals surface area contributed by atoms with Crippen LogP contribution in [0.5, 0.6) is 0 Å². The quantitative estimate of drug-likeness (QED) is 0.216. The van der Waals surface area contributed by atoms with Gasteiger partial charge in [0.2, 0.25) is 0 Å². The molecule has 2 radical (unpaired) electrons. The SMILES string of the molecule is [Cl-].[Cl-].[NH-]C(=O)c1ccccc1.[Zr+4].c1ccc([Si]c2ccccc2)cc1.c1ccc2[cH-]ccc2c1. The molecule has 0 aromatic heterocycles. The molecule has 2 nitrogen and oxygen atoms in total. The van der Waals surface area contributed by atoms with Crippen LogP contribution in [0.4, 0.5) is 0 Å². The molecule has 168 valence electrons. The first-order chi connectivity index (χ1) is 15.2. The minimum absolute atomic E-state index is 0. The van der Waals surface area contributed by atoms with Gasteiger partial charge in [-0.3, -0.25) is 0 Å². The van der Waals surface area contributed by atoms with Gasteiger partial charge in [0.05, 0.1) is 5.91 Å². The molecule has 5 rings (SSSR count). The maximum Gasteiger partial charge on any atom is 4.00 e. The molecule has 1 N–H and O–H groups in total. The van der Waals surface area contributed by atoms with Crippen LogP contribution < -0.4 is 35.2 Å². The molecular weight excluding hydrogens is 557 g/mol. The van der Waals surface area contributed by atoms with Crippen molar-refractivity contribution in [1.29, 1.82) is 0 Å². The second-order valence-corrected chi connectivity index (χ2v) is 8.11. The molecule has 0 spiro atoms. The van der Waals surface area contributed by atoms with E-state index in [2.05, 4.69) is 103 Å². The Bertz CT molecular complexity index is 1120. The van der Waals surface area contributed by atoms with Crippen molar-refractivity contribution in [2.75, 3.05) is 0 Å². The third kappa shape index (κ3) is 11.2. The van der Waals surface area contributed by atoms with E-state index in [1.807, 2.05) is 6.07 Å². The van der Waals surface area contributed by atoms with Gasteiger partial charge in [-0.15, -0.1) is 29.7 Å². The van der Waals surface area contributed by atoms with Crippen molar-refractivity contribution in [2.24, 2.45) is 0 Å². The van der Waals surface area contributed by atoms with Gasteiger partial charge < -0.3 is 35.3 Å². The number of hydrogen-bond donors (Lipinski definition) is 0. The van der Waals surface area contributed by atoms with E-state index >= 15 is 0 Å². The molecule has 6 heteroatoms. The Labute approximate surface area is 235 Å². The molecular formula is C28H23Cl2NOSiZr. The molecule has 0 aliphatic rings. The first-order valence-corrected chi connectivity index (χ1v) is 11.0. The number of carbonyl (C=O) groups is 1. The number of carbonyl (C=O) groups excluding carboxylic acids is 1. The van der Waals surface area contributed by atoms with Crippen molar-refractivity contribution >= 4 is 36.6 Å². The summed E-state index contributed by atoms with van der Waals surface area (Å²) < 4.78 is 0. The first-order valence-electron chi connectivity index (χ1n) is 10.0. The minimum atomic E-state index is -0.629. The average Bonchev–Trinajstić information content (AvgIpc) is 3.31. The second kappa shape index (κ2) is 18.0. The summed E-state index contributed by atoms with van der Waals surface area (Å²) in [5.74, 6) is -0.629. The summed E-state index contributed by atoms with van der Waals surface area (Å²) in [6, 6.07) is 44.4. The fraction of sp³-hybridized carbons (Fsp3) is 0. The summed E-state index contributed by atoms with van der Waals surface area (Å²) in [6.07, 6.45) is 0.